The van der Waals surface area contributed by atoms with Gasteiger partial charge in [-0.25, -0.2) is 0 Å². The zero-order valence-corrected chi connectivity index (χ0v) is 15.1. The largest absolute Gasteiger partial charge is 0.480 e. The van der Waals surface area contributed by atoms with Crippen molar-refractivity contribution in [3.05, 3.63) is 29.8 Å². The number of anilines is 1. The van der Waals surface area contributed by atoms with Crippen molar-refractivity contribution in [1.29, 1.82) is 0 Å². The zero-order valence-electron chi connectivity index (χ0n) is 15.1. The third-order valence-corrected chi connectivity index (χ3v) is 4.49. The maximum Gasteiger partial charge on any atom is 0.323 e. The normalized spacial score (nSPS) is 17.4. The van der Waals surface area contributed by atoms with E-state index in [-0.39, 0.29) is 5.48 Å². The lowest BCUT2D eigenvalue weighted by atomic mass is 10.0. The molecule has 1 heterocycles. The van der Waals surface area contributed by atoms with Gasteiger partial charge in [0.25, 0.3) is 0 Å². The topological polar surface area (TPSA) is 164 Å². The highest BCUT2D eigenvalue weighted by Crippen LogP contribution is 2.27. The standard InChI is InChI=1S/C18H25N3O5.H2O/c19-10-4-3-6-14(18(25)26)20-13-9-8-12-5-1-2-7-15(12)21(17(13)24)11-16(22)23;/h1-2,5,7,13-14,20H,3-4,6,8-11,19H2,(H,22,23)(H,25,26);1H2/t13-,14-;/m0./s1. The van der Waals surface area contributed by atoms with E-state index in [2.05, 4.69) is 5.32 Å². The van der Waals surface area contributed by atoms with E-state index in [0.29, 0.717) is 44.3 Å². The molecule has 0 aliphatic carbocycles. The van der Waals surface area contributed by atoms with Crippen LogP contribution in [0.1, 0.15) is 31.2 Å². The van der Waals surface area contributed by atoms with E-state index in [1.54, 1.807) is 12.1 Å². The molecule has 9 heteroatoms. The minimum absolute atomic E-state index is 0. The number of hydrogen-bond donors (Lipinski definition) is 4. The SMILES string of the molecule is NCCCC[C@H](N[C@H]1CCc2ccccc2N(CC(=O)O)C1=O)C(=O)O.O. The highest BCUT2D eigenvalue weighted by molar-refractivity contribution is 6.02. The average Bonchev–Trinajstić information content (AvgIpc) is 2.72. The smallest absolute Gasteiger partial charge is 0.323 e. The van der Waals surface area contributed by atoms with E-state index < -0.39 is 36.5 Å². The summed E-state index contributed by atoms with van der Waals surface area (Å²) >= 11 is 0. The van der Waals surface area contributed by atoms with Crippen LogP contribution in [0, 0.1) is 0 Å². The first kappa shape index (κ1) is 22.6. The van der Waals surface area contributed by atoms with E-state index in [4.69, 9.17) is 5.73 Å². The number of carbonyl (C=O) groups is 3. The molecule has 7 N–H and O–H groups in total. The monoisotopic (exact) mass is 381 g/mol. The predicted octanol–water partition coefficient (Wildman–Crippen LogP) is -0.234. The van der Waals surface area contributed by atoms with Gasteiger partial charge in [-0.15, -0.1) is 0 Å². The Bertz CT molecular complexity index is 666. The Morgan fingerprint density at radius 1 is 1.26 bits per heavy atom. The van der Waals surface area contributed by atoms with E-state index in [1.807, 2.05) is 12.1 Å². The van der Waals surface area contributed by atoms with Crippen LogP contribution in [0.4, 0.5) is 5.69 Å². The summed E-state index contributed by atoms with van der Waals surface area (Å²) in [6, 6.07) is 5.54. The zero-order chi connectivity index (χ0) is 19.1. The summed E-state index contributed by atoms with van der Waals surface area (Å²) in [5.74, 6) is -2.56. The van der Waals surface area contributed by atoms with Crippen molar-refractivity contribution >= 4 is 23.5 Å². The lowest BCUT2D eigenvalue weighted by Crippen LogP contribution is -2.52. The summed E-state index contributed by atoms with van der Waals surface area (Å²) in [5.41, 5.74) is 6.89. The molecule has 0 saturated carbocycles. The quantitative estimate of drug-likeness (QED) is 0.429. The van der Waals surface area contributed by atoms with Gasteiger partial charge in [0.15, 0.2) is 0 Å². The molecule has 27 heavy (non-hydrogen) atoms. The number of aryl methyl sites for hydroxylation is 1. The van der Waals surface area contributed by atoms with E-state index >= 15 is 0 Å². The number of amides is 1. The van der Waals surface area contributed by atoms with Gasteiger partial charge in [0.05, 0.1) is 6.04 Å². The molecule has 1 amide bonds. The summed E-state index contributed by atoms with van der Waals surface area (Å²) in [6.45, 7) is 0.0232. The van der Waals surface area contributed by atoms with E-state index in [9.17, 15) is 24.6 Å². The van der Waals surface area contributed by atoms with Crippen LogP contribution in [-0.4, -0.2) is 58.7 Å². The van der Waals surface area contributed by atoms with Gasteiger partial charge in [0.2, 0.25) is 5.91 Å². The van der Waals surface area contributed by atoms with Crippen LogP contribution >= 0.6 is 0 Å². The van der Waals surface area contributed by atoms with Gasteiger partial charge in [0, 0.05) is 5.69 Å². The van der Waals surface area contributed by atoms with Gasteiger partial charge in [-0.3, -0.25) is 24.6 Å². The molecule has 9 nitrogen and oxygen atoms in total. The molecule has 0 saturated heterocycles. The van der Waals surface area contributed by atoms with Crippen molar-refractivity contribution in [2.45, 2.75) is 44.2 Å². The molecule has 0 spiro atoms. The molecule has 0 bridgehead atoms. The average molecular weight is 381 g/mol. The Kier molecular flexibility index (Phi) is 8.86. The summed E-state index contributed by atoms with van der Waals surface area (Å²) in [5, 5.41) is 21.5. The first-order valence-corrected chi connectivity index (χ1v) is 8.74. The van der Waals surface area contributed by atoms with Crippen LogP contribution in [0.5, 0.6) is 0 Å². The fourth-order valence-electron chi connectivity index (χ4n) is 3.18. The van der Waals surface area contributed by atoms with Crippen LogP contribution in [0.3, 0.4) is 0 Å². The van der Waals surface area contributed by atoms with Gasteiger partial charge in [0.1, 0.15) is 12.6 Å². The minimum Gasteiger partial charge on any atom is -0.480 e. The van der Waals surface area contributed by atoms with Crippen molar-refractivity contribution in [1.82, 2.24) is 5.32 Å². The van der Waals surface area contributed by atoms with Crippen LogP contribution in [0.25, 0.3) is 0 Å². The number of benzene rings is 1. The van der Waals surface area contributed by atoms with Gasteiger partial charge in [-0.1, -0.05) is 24.6 Å². The predicted molar refractivity (Wildman–Crippen MR) is 99.6 cm³/mol. The fourth-order valence-corrected chi connectivity index (χ4v) is 3.18. The number of rotatable bonds is 9. The van der Waals surface area contributed by atoms with Crippen molar-refractivity contribution < 1.29 is 30.1 Å². The lowest BCUT2D eigenvalue weighted by molar-refractivity contribution is -0.140. The van der Waals surface area contributed by atoms with Crippen molar-refractivity contribution in [3.63, 3.8) is 0 Å². The molecule has 0 unspecified atom stereocenters. The Morgan fingerprint density at radius 2 is 1.96 bits per heavy atom. The van der Waals surface area contributed by atoms with E-state index in [1.165, 1.54) is 4.90 Å². The maximum absolute atomic E-state index is 12.9. The van der Waals surface area contributed by atoms with Crippen LogP contribution in [0.15, 0.2) is 24.3 Å². The molecule has 1 aromatic rings. The van der Waals surface area contributed by atoms with Crippen LogP contribution < -0.4 is 16.0 Å². The summed E-state index contributed by atoms with van der Waals surface area (Å²) in [6.07, 6.45) is 2.68. The molecule has 150 valence electrons. The van der Waals surface area contributed by atoms with Crippen LogP contribution in [0.2, 0.25) is 0 Å². The lowest BCUT2D eigenvalue weighted by Gasteiger charge is -2.26. The number of para-hydroxylation sites is 1. The molecule has 0 radical (unpaired) electrons. The number of carbonyl (C=O) groups excluding carboxylic acids is 1. The van der Waals surface area contributed by atoms with E-state index in [0.717, 1.165) is 5.56 Å². The number of carboxylic acid groups (broad SMARTS) is 2. The highest BCUT2D eigenvalue weighted by atomic mass is 16.4. The van der Waals surface area contributed by atoms with Gasteiger partial charge in [-0.2, -0.15) is 0 Å². The Hall–Kier alpha value is -2.49. The molecule has 2 atom stereocenters. The van der Waals surface area contributed by atoms with Crippen molar-refractivity contribution in [2.75, 3.05) is 18.0 Å². The van der Waals surface area contributed by atoms with Gasteiger partial charge >= 0.3 is 11.9 Å². The molecule has 1 aliphatic heterocycles. The second-order valence-electron chi connectivity index (χ2n) is 6.38. The third-order valence-electron chi connectivity index (χ3n) is 4.49. The second kappa shape index (κ2) is 10.6. The Labute approximate surface area is 157 Å². The first-order valence-electron chi connectivity index (χ1n) is 8.74. The molecule has 2 rings (SSSR count). The number of aliphatic carboxylic acids is 2. The number of nitrogens with two attached hydrogens (primary N) is 1. The summed E-state index contributed by atoms with van der Waals surface area (Å²) in [7, 11) is 0. The number of nitrogens with zero attached hydrogens (tertiary/aromatic N) is 1. The summed E-state index contributed by atoms with van der Waals surface area (Å²) < 4.78 is 0. The van der Waals surface area contributed by atoms with Crippen molar-refractivity contribution in [3.8, 4) is 0 Å². The minimum atomic E-state index is -1.12. The molecular weight excluding hydrogens is 354 g/mol. The summed E-state index contributed by atoms with van der Waals surface area (Å²) in [4.78, 5) is 36.9. The third kappa shape index (κ3) is 6.02. The van der Waals surface area contributed by atoms with Crippen LogP contribution in [-0.2, 0) is 20.8 Å². The number of hydrogen-bond acceptors (Lipinski definition) is 5. The molecular formula is C18H27N3O6. The number of unbranched alkanes of at least 4 members (excludes halogenated alkanes) is 1. The molecule has 1 aliphatic rings. The number of carboxylic acids is 2. The molecule has 0 fully saturated rings. The molecule has 1 aromatic carbocycles. The van der Waals surface area contributed by atoms with Gasteiger partial charge < -0.3 is 21.4 Å². The second-order valence-corrected chi connectivity index (χ2v) is 6.38. The number of nitrogens with one attached hydrogen (secondary N) is 1. The van der Waals surface area contributed by atoms with Gasteiger partial charge in [-0.05, 0) is 43.9 Å². The number of fused-ring (bicyclic) bond motifs is 1. The highest BCUT2D eigenvalue weighted by Gasteiger charge is 2.33. The van der Waals surface area contributed by atoms with Crippen molar-refractivity contribution in [2.24, 2.45) is 5.73 Å². The molecule has 0 aromatic heterocycles. The fraction of sp³-hybridized carbons (Fsp3) is 0.500. The Morgan fingerprint density at radius 3 is 2.59 bits per heavy atom. The maximum atomic E-state index is 12.9. The Balaban J connectivity index is 0.00000364. The first-order chi connectivity index (χ1) is 12.4.